The van der Waals surface area contributed by atoms with E-state index >= 15 is 0 Å². The Morgan fingerprint density at radius 2 is 1.93 bits per heavy atom. The first-order valence-corrected chi connectivity index (χ1v) is 7.96. The van der Waals surface area contributed by atoms with Gasteiger partial charge >= 0.3 is 0 Å². The molecule has 0 atom stereocenters. The Hall–Kier alpha value is 0.370. The van der Waals surface area contributed by atoms with Gasteiger partial charge in [0.05, 0.1) is 0 Å². The molecule has 1 fully saturated rings. The summed E-state index contributed by atoms with van der Waals surface area (Å²) < 4.78 is 0. The molecule has 0 spiro atoms. The number of ketones is 1. The van der Waals surface area contributed by atoms with Crippen molar-refractivity contribution in [2.24, 2.45) is 11.8 Å². The molecule has 1 heterocycles. The average molecular weight is 232 g/mol. The van der Waals surface area contributed by atoms with E-state index in [1.165, 1.54) is 24.3 Å². The maximum Gasteiger partial charge on any atom is 0.135 e. The van der Waals surface area contributed by atoms with Gasteiger partial charge in [-0.1, -0.05) is 41.9 Å². The van der Waals surface area contributed by atoms with Crippen LogP contribution < -0.4 is 0 Å². The zero-order chi connectivity index (χ0) is 10.4. The number of rotatable bonds is 6. The van der Waals surface area contributed by atoms with Gasteiger partial charge in [-0.25, -0.2) is 0 Å². The van der Waals surface area contributed by atoms with Crippen LogP contribution in [-0.2, 0) is 4.79 Å². The Morgan fingerprint density at radius 1 is 1.29 bits per heavy atom. The molecule has 1 saturated heterocycles. The van der Waals surface area contributed by atoms with Crippen LogP contribution in [0.4, 0.5) is 0 Å². The zero-order valence-electron chi connectivity index (χ0n) is 9.12. The van der Waals surface area contributed by atoms with Gasteiger partial charge in [0.2, 0.25) is 0 Å². The molecule has 0 radical (unpaired) electrons. The Bertz CT molecular complexity index is 174. The summed E-state index contributed by atoms with van der Waals surface area (Å²) in [6, 6.07) is 0. The molecule has 1 aliphatic heterocycles. The summed E-state index contributed by atoms with van der Waals surface area (Å²) in [5.74, 6) is 4.22. The van der Waals surface area contributed by atoms with Crippen molar-refractivity contribution in [2.45, 2.75) is 39.5 Å². The molecule has 0 bridgehead atoms. The molecule has 3 heteroatoms. The quantitative estimate of drug-likeness (QED) is 0.512. The highest BCUT2D eigenvalue weighted by atomic mass is 33.1. The van der Waals surface area contributed by atoms with Crippen molar-refractivity contribution in [3.63, 3.8) is 0 Å². The predicted molar refractivity (Wildman–Crippen MR) is 66.7 cm³/mol. The van der Waals surface area contributed by atoms with Crippen molar-refractivity contribution in [3.8, 4) is 0 Å². The fraction of sp³-hybridized carbons (Fsp3) is 0.909. The topological polar surface area (TPSA) is 17.1 Å². The molecule has 0 saturated carbocycles. The van der Waals surface area contributed by atoms with E-state index in [0.29, 0.717) is 5.78 Å². The van der Waals surface area contributed by atoms with E-state index in [4.69, 9.17) is 0 Å². The van der Waals surface area contributed by atoms with Crippen molar-refractivity contribution < 1.29 is 4.79 Å². The van der Waals surface area contributed by atoms with Gasteiger partial charge in [-0.05, 0) is 18.8 Å². The summed E-state index contributed by atoms with van der Waals surface area (Å²) in [5, 5.41) is 0. The van der Waals surface area contributed by atoms with Crippen LogP contribution in [0.3, 0.4) is 0 Å². The lowest BCUT2D eigenvalue weighted by Crippen LogP contribution is -2.07. The molecule has 1 nitrogen and oxygen atoms in total. The first kappa shape index (κ1) is 12.4. The summed E-state index contributed by atoms with van der Waals surface area (Å²) in [6.07, 6.45) is 4.46. The van der Waals surface area contributed by atoms with Gasteiger partial charge in [-0.2, -0.15) is 0 Å². The Balaban J connectivity index is 1.96. The largest absolute Gasteiger partial charge is 0.299 e. The highest BCUT2D eigenvalue weighted by molar-refractivity contribution is 8.77. The number of hydrogen-bond acceptors (Lipinski definition) is 3. The van der Waals surface area contributed by atoms with Gasteiger partial charge in [0.25, 0.3) is 0 Å². The molecule has 0 aromatic rings. The lowest BCUT2D eigenvalue weighted by Gasteiger charge is -2.07. The van der Waals surface area contributed by atoms with Crippen LogP contribution in [0.1, 0.15) is 39.5 Å². The van der Waals surface area contributed by atoms with Crippen LogP contribution in [0.2, 0.25) is 0 Å². The van der Waals surface area contributed by atoms with Crippen molar-refractivity contribution in [1.82, 2.24) is 0 Å². The van der Waals surface area contributed by atoms with Gasteiger partial charge in [-0.15, -0.1) is 0 Å². The third-order valence-electron chi connectivity index (χ3n) is 2.62. The lowest BCUT2D eigenvalue weighted by atomic mass is 10.00. The summed E-state index contributed by atoms with van der Waals surface area (Å²) in [7, 11) is 4.00. The van der Waals surface area contributed by atoms with Gasteiger partial charge in [0, 0.05) is 23.8 Å². The second-order valence-corrected chi connectivity index (χ2v) is 6.85. The highest BCUT2D eigenvalue weighted by Gasteiger charge is 2.15. The van der Waals surface area contributed by atoms with Gasteiger partial charge in [-0.3, -0.25) is 4.79 Å². The van der Waals surface area contributed by atoms with Crippen LogP contribution in [0.25, 0.3) is 0 Å². The first-order chi connectivity index (χ1) is 6.70. The van der Waals surface area contributed by atoms with Crippen molar-refractivity contribution in [2.75, 3.05) is 11.5 Å². The number of carbonyl (C=O) groups excluding carboxylic acids is 1. The predicted octanol–water partition coefficient (Wildman–Crippen LogP) is 3.78. The highest BCUT2D eigenvalue weighted by Crippen LogP contribution is 2.36. The van der Waals surface area contributed by atoms with E-state index in [1.807, 2.05) is 35.4 Å². The van der Waals surface area contributed by atoms with Crippen LogP contribution in [0, 0.1) is 11.8 Å². The maximum absolute atomic E-state index is 11.3. The molecule has 1 aliphatic rings. The Morgan fingerprint density at radius 3 is 2.50 bits per heavy atom. The molecule has 0 aliphatic carbocycles. The molecule has 82 valence electrons. The third-order valence-corrected chi connectivity index (χ3v) is 5.32. The molecule has 1 rings (SSSR count). The second-order valence-electron chi connectivity index (χ2n) is 4.30. The number of unbranched alkanes of at least 4 members (excludes halogenated alkanes) is 1. The van der Waals surface area contributed by atoms with E-state index in [1.54, 1.807) is 0 Å². The van der Waals surface area contributed by atoms with Crippen molar-refractivity contribution in [3.05, 3.63) is 0 Å². The second kappa shape index (κ2) is 6.78. The van der Waals surface area contributed by atoms with Crippen molar-refractivity contribution in [1.29, 1.82) is 0 Å². The Kier molecular flexibility index (Phi) is 6.02. The molecule has 0 aromatic heterocycles. The minimum Gasteiger partial charge on any atom is -0.299 e. The van der Waals surface area contributed by atoms with Crippen LogP contribution in [-0.4, -0.2) is 17.3 Å². The minimum atomic E-state index is 0.229. The summed E-state index contributed by atoms with van der Waals surface area (Å²) in [5.41, 5.74) is 0. The zero-order valence-corrected chi connectivity index (χ0v) is 10.8. The van der Waals surface area contributed by atoms with E-state index in [2.05, 4.69) is 0 Å². The van der Waals surface area contributed by atoms with Crippen molar-refractivity contribution >= 4 is 27.4 Å². The third kappa shape index (κ3) is 4.74. The van der Waals surface area contributed by atoms with Gasteiger partial charge in [0.1, 0.15) is 5.78 Å². The summed E-state index contributed by atoms with van der Waals surface area (Å²) in [6.45, 7) is 3.99. The fourth-order valence-electron chi connectivity index (χ4n) is 1.52. The molecule has 0 unspecified atom stereocenters. The minimum absolute atomic E-state index is 0.229. The smallest absolute Gasteiger partial charge is 0.135 e. The van der Waals surface area contributed by atoms with E-state index in [9.17, 15) is 4.79 Å². The van der Waals surface area contributed by atoms with Gasteiger partial charge in [0.15, 0.2) is 0 Å². The first-order valence-electron chi connectivity index (χ1n) is 5.47. The van der Waals surface area contributed by atoms with Crippen LogP contribution in [0.15, 0.2) is 0 Å². The standard InChI is InChI=1S/C11H20OS2/c1-9(2)11(12)6-4-3-5-10-7-13-14-8-10/h9-10H,3-8H2,1-2H3. The fourth-order valence-corrected chi connectivity index (χ4v) is 4.55. The molecule has 0 aromatic carbocycles. The summed E-state index contributed by atoms with van der Waals surface area (Å²) >= 11 is 0. The molecule has 0 amide bonds. The van der Waals surface area contributed by atoms with Crippen LogP contribution >= 0.6 is 21.6 Å². The molecular formula is C11H20OS2. The number of hydrogen-bond donors (Lipinski definition) is 0. The van der Waals surface area contributed by atoms with Crippen LogP contribution in [0.5, 0.6) is 0 Å². The number of Topliss-reactive ketones (excluding diaryl/α,β-unsaturated/α-hetero) is 1. The average Bonchev–Trinajstić information content (AvgIpc) is 2.64. The lowest BCUT2D eigenvalue weighted by molar-refractivity contribution is -0.122. The monoisotopic (exact) mass is 232 g/mol. The van der Waals surface area contributed by atoms with E-state index in [-0.39, 0.29) is 5.92 Å². The summed E-state index contributed by atoms with van der Waals surface area (Å²) in [4.78, 5) is 11.3. The van der Waals surface area contributed by atoms with E-state index in [0.717, 1.165) is 18.8 Å². The molecule has 14 heavy (non-hydrogen) atoms. The number of carbonyl (C=O) groups is 1. The SMILES string of the molecule is CC(C)C(=O)CCCCC1CSSC1. The molecular weight excluding hydrogens is 212 g/mol. The normalized spacial score (nSPS) is 17.9. The Labute approximate surface area is 95.2 Å². The maximum atomic E-state index is 11.3. The van der Waals surface area contributed by atoms with E-state index < -0.39 is 0 Å². The molecule has 0 N–H and O–H groups in total. The van der Waals surface area contributed by atoms with Gasteiger partial charge < -0.3 is 0 Å².